The quantitative estimate of drug-likeness (QED) is 0.557. The molecule has 0 radical (unpaired) electrons. The summed E-state index contributed by atoms with van der Waals surface area (Å²) < 4.78 is 35.4. The van der Waals surface area contributed by atoms with Gasteiger partial charge in [0, 0.05) is 6.92 Å². The highest BCUT2D eigenvalue weighted by atomic mass is 32.2. The van der Waals surface area contributed by atoms with Crippen LogP contribution in [-0.4, -0.2) is 33.9 Å². The average Bonchev–Trinajstić information content (AvgIpc) is 2.66. The van der Waals surface area contributed by atoms with Gasteiger partial charge in [-0.05, 0) is 49.2 Å². The van der Waals surface area contributed by atoms with Crippen LogP contribution in [0.25, 0.3) is 0 Å². The van der Waals surface area contributed by atoms with Crippen LogP contribution in [0.2, 0.25) is 0 Å². The van der Waals surface area contributed by atoms with Crippen LogP contribution < -0.4 is 25.0 Å². The van der Waals surface area contributed by atoms with Gasteiger partial charge >= 0.3 is 0 Å². The number of rotatable bonds is 8. The number of amides is 2. The Bertz CT molecular complexity index is 1020. The van der Waals surface area contributed by atoms with Crippen LogP contribution in [0, 0.1) is 13.8 Å². The Labute approximate surface area is 169 Å². The van der Waals surface area contributed by atoms with Gasteiger partial charge in [0.15, 0.2) is 6.61 Å². The summed E-state index contributed by atoms with van der Waals surface area (Å²) in [5.41, 5.74) is 4.11. The van der Waals surface area contributed by atoms with E-state index in [9.17, 15) is 18.0 Å². The lowest BCUT2D eigenvalue weighted by molar-refractivity contribution is -0.123. The molecule has 0 aromatic heterocycles. The monoisotopic (exact) mass is 421 g/mol. The normalized spacial score (nSPS) is 10.9. The molecule has 0 aliphatic rings. The van der Waals surface area contributed by atoms with Crippen LogP contribution in [0.5, 0.6) is 11.5 Å². The molecule has 0 spiro atoms. The summed E-state index contributed by atoms with van der Waals surface area (Å²) in [7, 11) is -2.69. The third kappa shape index (κ3) is 6.19. The first-order valence-corrected chi connectivity index (χ1v) is 10.1. The molecule has 2 aromatic rings. The number of benzene rings is 2. The zero-order chi connectivity index (χ0) is 21.6. The van der Waals surface area contributed by atoms with Crippen LogP contribution >= 0.6 is 0 Å². The van der Waals surface area contributed by atoms with E-state index in [0.717, 1.165) is 11.1 Å². The second-order valence-electron chi connectivity index (χ2n) is 6.25. The number of aryl methyl sites for hydroxylation is 2. The van der Waals surface area contributed by atoms with Crippen molar-refractivity contribution in [1.29, 1.82) is 0 Å². The number of carbonyl (C=O) groups is 2. The molecule has 29 heavy (non-hydrogen) atoms. The number of hydrogen-bond donors (Lipinski definition) is 3. The molecule has 3 N–H and O–H groups in total. The van der Waals surface area contributed by atoms with Gasteiger partial charge in [0.05, 0.1) is 17.7 Å². The minimum Gasteiger partial charge on any atom is -0.495 e. The predicted octanol–water partition coefficient (Wildman–Crippen LogP) is 1.66. The van der Waals surface area contributed by atoms with E-state index in [0.29, 0.717) is 11.5 Å². The molecule has 0 fully saturated rings. The van der Waals surface area contributed by atoms with Gasteiger partial charge in [-0.15, -0.1) is 4.83 Å². The lowest BCUT2D eigenvalue weighted by atomic mass is 10.1. The van der Waals surface area contributed by atoms with Crippen molar-refractivity contribution in [1.82, 2.24) is 10.3 Å². The SMILES string of the molecule is COc1ccc(S(=O)(=O)NNC(=O)COc2cc(C)ccc2C)cc1NC(C)=O. The highest BCUT2D eigenvalue weighted by molar-refractivity contribution is 7.89. The van der Waals surface area contributed by atoms with Gasteiger partial charge < -0.3 is 14.8 Å². The first kappa shape index (κ1) is 22.2. The number of ether oxygens (including phenoxy) is 2. The Morgan fingerprint density at radius 2 is 1.76 bits per heavy atom. The van der Waals surface area contributed by atoms with Crippen LogP contribution in [0.4, 0.5) is 5.69 Å². The number of carbonyl (C=O) groups excluding carboxylic acids is 2. The van der Waals surface area contributed by atoms with Crippen LogP contribution in [0.15, 0.2) is 41.3 Å². The highest BCUT2D eigenvalue weighted by Crippen LogP contribution is 2.27. The second kappa shape index (κ2) is 9.39. The molecule has 156 valence electrons. The number of nitrogens with one attached hydrogen (secondary N) is 3. The van der Waals surface area contributed by atoms with E-state index >= 15 is 0 Å². The molecule has 0 aliphatic heterocycles. The largest absolute Gasteiger partial charge is 0.495 e. The molecule has 0 atom stereocenters. The molecule has 9 nitrogen and oxygen atoms in total. The van der Waals surface area contributed by atoms with Crippen LogP contribution in [-0.2, 0) is 19.6 Å². The van der Waals surface area contributed by atoms with E-state index in [1.54, 1.807) is 6.07 Å². The van der Waals surface area contributed by atoms with E-state index in [4.69, 9.17) is 9.47 Å². The minimum atomic E-state index is -4.08. The summed E-state index contributed by atoms with van der Waals surface area (Å²) in [4.78, 5) is 25.1. The van der Waals surface area contributed by atoms with E-state index in [-0.39, 0.29) is 23.1 Å². The zero-order valence-corrected chi connectivity index (χ0v) is 17.3. The first-order valence-electron chi connectivity index (χ1n) is 8.58. The molecule has 10 heteroatoms. The van der Waals surface area contributed by atoms with Gasteiger partial charge in [0.2, 0.25) is 5.91 Å². The van der Waals surface area contributed by atoms with Gasteiger partial charge in [-0.3, -0.25) is 15.0 Å². The van der Waals surface area contributed by atoms with Crippen molar-refractivity contribution in [3.63, 3.8) is 0 Å². The molecular weight excluding hydrogens is 398 g/mol. The van der Waals surface area contributed by atoms with Gasteiger partial charge in [-0.25, -0.2) is 8.42 Å². The zero-order valence-electron chi connectivity index (χ0n) is 16.5. The van der Waals surface area contributed by atoms with Gasteiger partial charge in [-0.1, -0.05) is 12.1 Å². The third-order valence-electron chi connectivity index (χ3n) is 3.82. The minimum absolute atomic E-state index is 0.169. The van der Waals surface area contributed by atoms with Crippen molar-refractivity contribution >= 4 is 27.5 Å². The molecule has 0 aliphatic carbocycles. The molecule has 0 heterocycles. The summed E-state index contributed by atoms with van der Waals surface area (Å²) >= 11 is 0. The Hall–Kier alpha value is -3.11. The van der Waals surface area contributed by atoms with Gasteiger partial charge in [0.25, 0.3) is 15.9 Å². The number of anilines is 1. The first-order chi connectivity index (χ1) is 13.6. The van der Waals surface area contributed by atoms with E-state index in [2.05, 4.69) is 10.7 Å². The smallest absolute Gasteiger partial charge is 0.272 e. The summed E-state index contributed by atoms with van der Waals surface area (Å²) in [6, 6.07) is 9.47. The van der Waals surface area contributed by atoms with E-state index in [1.165, 1.54) is 32.2 Å². The van der Waals surface area contributed by atoms with Crippen molar-refractivity contribution in [2.45, 2.75) is 25.7 Å². The lowest BCUT2D eigenvalue weighted by Crippen LogP contribution is -2.43. The lowest BCUT2D eigenvalue weighted by Gasteiger charge is -2.13. The molecular formula is C19H23N3O6S. The molecule has 2 amide bonds. The summed E-state index contributed by atoms with van der Waals surface area (Å²) in [5.74, 6) is -0.226. The van der Waals surface area contributed by atoms with Crippen molar-refractivity contribution in [3.8, 4) is 11.5 Å². The summed E-state index contributed by atoms with van der Waals surface area (Å²) in [6.45, 7) is 4.65. The van der Waals surface area contributed by atoms with Crippen molar-refractivity contribution < 1.29 is 27.5 Å². The fraction of sp³-hybridized carbons (Fsp3) is 0.263. The molecule has 0 saturated carbocycles. The highest BCUT2D eigenvalue weighted by Gasteiger charge is 2.18. The Kier molecular flexibility index (Phi) is 7.18. The van der Waals surface area contributed by atoms with E-state index in [1.807, 2.05) is 30.8 Å². The Morgan fingerprint density at radius 3 is 2.41 bits per heavy atom. The molecule has 2 rings (SSSR count). The predicted molar refractivity (Wildman–Crippen MR) is 107 cm³/mol. The molecule has 2 aromatic carbocycles. The fourth-order valence-electron chi connectivity index (χ4n) is 2.37. The number of hydrazine groups is 1. The Morgan fingerprint density at radius 1 is 1.03 bits per heavy atom. The topological polar surface area (TPSA) is 123 Å². The number of methoxy groups -OCH3 is 1. The number of sulfonamides is 1. The standard InChI is InChI=1S/C19H23N3O6S/c1-12-5-6-13(2)18(9-12)28-11-19(24)21-22-29(25,26)15-7-8-17(27-4)16(10-15)20-14(3)23/h5-10,22H,11H2,1-4H3,(H,20,23)(H,21,24). The summed E-state index contributed by atoms with van der Waals surface area (Å²) in [5, 5.41) is 2.49. The maximum Gasteiger partial charge on any atom is 0.272 e. The molecule has 0 bridgehead atoms. The maximum absolute atomic E-state index is 12.4. The van der Waals surface area contributed by atoms with Gasteiger partial charge in [-0.2, -0.15) is 0 Å². The maximum atomic E-state index is 12.4. The van der Waals surface area contributed by atoms with E-state index < -0.39 is 15.9 Å². The average molecular weight is 421 g/mol. The van der Waals surface area contributed by atoms with Crippen molar-refractivity contribution in [2.75, 3.05) is 19.0 Å². The summed E-state index contributed by atoms with van der Waals surface area (Å²) in [6.07, 6.45) is 0. The van der Waals surface area contributed by atoms with Gasteiger partial charge in [0.1, 0.15) is 11.5 Å². The fourth-order valence-corrected chi connectivity index (χ4v) is 3.25. The third-order valence-corrected chi connectivity index (χ3v) is 5.06. The molecule has 0 unspecified atom stereocenters. The van der Waals surface area contributed by atoms with Crippen LogP contribution in [0.1, 0.15) is 18.1 Å². The second-order valence-corrected chi connectivity index (χ2v) is 7.94. The Balaban J connectivity index is 2.02. The van der Waals surface area contributed by atoms with Crippen molar-refractivity contribution in [2.24, 2.45) is 0 Å². The molecule has 0 saturated heterocycles. The number of hydrogen-bond acceptors (Lipinski definition) is 6. The van der Waals surface area contributed by atoms with Crippen LogP contribution in [0.3, 0.4) is 0 Å². The van der Waals surface area contributed by atoms with Crippen molar-refractivity contribution in [3.05, 3.63) is 47.5 Å².